The van der Waals surface area contributed by atoms with Crippen molar-refractivity contribution in [3.63, 3.8) is 0 Å². The van der Waals surface area contributed by atoms with Crippen molar-refractivity contribution in [1.29, 1.82) is 0 Å². The maximum atomic E-state index is 12.1. The van der Waals surface area contributed by atoms with Gasteiger partial charge in [-0.2, -0.15) is 0 Å². The molecular weight excluding hydrogens is 256 g/mol. The highest BCUT2D eigenvalue weighted by molar-refractivity contribution is 5.99. The molecule has 2 bridgehead atoms. The molecule has 1 aliphatic carbocycles. The van der Waals surface area contributed by atoms with Crippen molar-refractivity contribution in [2.75, 3.05) is 13.2 Å². The zero-order chi connectivity index (χ0) is 13.9. The first-order valence-electron chi connectivity index (χ1n) is 6.58. The first-order valence-corrected chi connectivity index (χ1v) is 6.58. The quantitative estimate of drug-likeness (QED) is 0.581. The van der Waals surface area contributed by atoms with Gasteiger partial charge in [0.1, 0.15) is 13.2 Å². The van der Waals surface area contributed by atoms with Gasteiger partial charge in [-0.15, -0.1) is 0 Å². The minimum Gasteiger partial charge on any atom is -0.458 e. The summed E-state index contributed by atoms with van der Waals surface area (Å²) >= 11 is 0. The molecule has 0 spiro atoms. The smallest absolute Gasteiger partial charge is 0.338 e. The Balaban J connectivity index is 2.11. The zero-order valence-corrected chi connectivity index (χ0v) is 10.9. The minimum absolute atomic E-state index is 0.0847. The van der Waals surface area contributed by atoms with Crippen LogP contribution in [0.5, 0.6) is 0 Å². The van der Waals surface area contributed by atoms with Gasteiger partial charge in [-0.05, 0) is 42.2 Å². The molecule has 0 atom stereocenters. The highest BCUT2D eigenvalue weighted by Crippen LogP contribution is 2.28. The van der Waals surface area contributed by atoms with Crippen LogP contribution >= 0.6 is 0 Å². The summed E-state index contributed by atoms with van der Waals surface area (Å²) in [6, 6.07) is 4.96. The normalized spacial score (nSPS) is 18.3. The van der Waals surface area contributed by atoms with Crippen LogP contribution in [0.2, 0.25) is 0 Å². The van der Waals surface area contributed by atoms with E-state index in [-0.39, 0.29) is 25.2 Å². The van der Waals surface area contributed by atoms with Crippen LogP contribution in [0.15, 0.2) is 36.4 Å². The van der Waals surface area contributed by atoms with E-state index in [2.05, 4.69) is 18.2 Å². The van der Waals surface area contributed by atoms with Crippen LogP contribution < -0.4 is 0 Å². The second-order valence-electron chi connectivity index (χ2n) is 4.67. The summed E-state index contributed by atoms with van der Waals surface area (Å²) in [6.07, 6.45) is 7.77. The Morgan fingerprint density at radius 2 is 1.70 bits per heavy atom. The van der Waals surface area contributed by atoms with Crippen LogP contribution in [-0.2, 0) is 9.47 Å². The van der Waals surface area contributed by atoms with Crippen LogP contribution in [0.3, 0.4) is 0 Å². The van der Waals surface area contributed by atoms with E-state index in [4.69, 9.17) is 9.47 Å². The summed E-state index contributed by atoms with van der Waals surface area (Å²) in [7, 11) is 0. The fraction of sp³-hybridized carbons (Fsp3) is 0.250. The molecule has 4 nitrogen and oxygen atoms in total. The number of carbonyl (C=O) groups excluding carboxylic acids is 2. The van der Waals surface area contributed by atoms with Gasteiger partial charge in [0.05, 0.1) is 11.1 Å². The molecule has 1 aromatic rings. The first kappa shape index (κ1) is 12.7. The monoisotopic (exact) mass is 270 g/mol. The molecule has 0 fully saturated rings. The summed E-state index contributed by atoms with van der Waals surface area (Å²) in [5, 5.41) is 0. The van der Waals surface area contributed by atoms with Crippen LogP contribution in [0.4, 0.5) is 0 Å². The lowest BCUT2D eigenvalue weighted by atomic mass is 9.92. The summed E-state index contributed by atoms with van der Waals surface area (Å²) in [5.41, 5.74) is 2.77. The van der Waals surface area contributed by atoms with Crippen molar-refractivity contribution in [2.24, 2.45) is 0 Å². The molecule has 4 heteroatoms. The molecular formula is C16H14O4. The lowest BCUT2D eigenvalue weighted by molar-refractivity contribution is 0.0260. The standard InChI is InChI=1S/C16H14O4/c17-15-12-6-7-13(16(18)20-9-8-19-15)14(10-12)11-4-2-1-3-5-11/h1-2,5-7,10H,3-4,8-9H2. The maximum Gasteiger partial charge on any atom is 0.338 e. The van der Waals surface area contributed by atoms with Gasteiger partial charge in [0.15, 0.2) is 0 Å². The van der Waals surface area contributed by atoms with Gasteiger partial charge in [-0.1, -0.05) is 18.2 Å². The highest BCUT2D eigenvalue weighted by Gasteiger charge is 2.20. The molecule has 3 aliphatic rings. The molecule has 102 valence electrons. The second-order valence-corrected chi connectivity index (χ2v) is 4.67. The van der Waals surface area contributed by atoms with E-state index in [0.717, 1.165) is 24.0 Å². The van der Waals surface area contributed by atoms with Crippen molar-refractivity contribution in [1.82, 2.24) is 0 Å². The van der Waals surface area contributed by atoms with E-state index >= 15 is 0 Å². The minimum atomic E-state index is -0.386. The average Bonchev–Trinajstić information content (AvgIpc) is 2.51. The fourth-order valence-corrected chi connectivity index (χ4v) is 2.36. The number of fused-ring (bicyclic) bond motifs is 7. The molecule has 4 rings (SSSR count). The van der Waals surface area contributed by atoms with E-state index in [1.165, 1.54) is 0 Å². The Labute approximate surface area is 116 Å². The lowest BCUT2D eigenvalue weighted by Crippen LogP contribution is -2.18. The molecule has 2 heterocycles. The summed E-state index contributed by atoms with van der Waals surface area (Å²) in [5.74, 6) is -0.761. The Hall–Kier alpha value is -2.36. The van der Waals surface area contributed by atoms with Gasteiger partial charge in [0, 0.05) is 0 Å². The third-order valence-electron chi connectivity index (χ3n) is 3.38. The Kier molecular flexibility index (Phi) is 3.37. The predicted octanol–water partition coefficient (Wildman–Crippen LogP) is 2.75. The number of carbonyl (C=O) groups is 2. The summed E-state index contributed by atoms with van der Waals surface area (Å²) in [4.78, 5) is 23.9. The number of allylic oxidation sites excluding steroid dienone is 4. The van der Waals surface area contributed by atoms with E-state index in [1.54, 1.807) is 18.2 Å². The zero-order valence-electron chi connectivity index (χ0n) is 10.9. The van der Waals surface area contributed by atoms with Crippen molar-refractivity contribution >= 4 is 17.5 Å². The van der Waals surface area contributed by atoms with Gasteiger partial charge in [0.2, 0.25) is 0 Å². The Morgan fingerprint density at radius 3 is 2.45 bits per heavy atom. The van der Waals surface area contributed by atoms with Crippen LogP contribution in [-0.4, -0.2) is 25.2 Å². The molecule has 0 N–H and O–H groups in total. The van der Waals surface area contributed by atoms with Crippen LogP contribution in [0, 0.1) is 0 Å². The molecule has 0 radical (unpaired) electrons. The molecule has 0 amide bonds. The molecule has 0 unspecified atom stereocenters. The number of rotatable bonds is 1. The average molecular weight is 270 g/mol. The van der Waals surface area contributed by atoms with Crippen molar-refractivity contribution in [3.05, 3.63) is 53.1 Å². The number of hydrogen-bond acceptors (Lipinski definition) is 4. The van der Waals surface area contributed by atoms with Crippen molar-refractivity contribution in [2.45, 2.75) is 12.8 Å². The molecule has 1 aromatic carbocycles. The topological polar surface area (TPSA) is 52.6 Å². The van der Waals surface area contributed by atoms with Gasteiger partial charge in [-0.3, -0.25) is 0 Å². The molecule has 0 saturated heterocycles. The highest BCUT2D eigenvalue weighted by atomic mass is 16.6. The van der Waals surface area contributed by atoms with E-state index in [9.17, 15) is 9.59 Å². The van der Waals surface area contributed by atoms with Gasteiger partial charge in [0.25, 0.3) is 0 Å². The summed E-state index contributed by atoms with van der Waals surface area (Å²) < 4.78 is 10.2. The fourth-order valence-electron chi connectivity index (χ4n) is 2.36. The van der Waals surface area contributed by atoms with Gasteiger partial charge in [-0.25, -0.2) is 9.59 Å². The molecule has 2 aliphatic heterocycles. The number of benzene rings is 1. The van der Waals surface area contributed by atoms with Crippen LogP contribution in [0.25, 0.3) is 5.57 Å². The maximum absolute atomic E-state index is 12.1. The van der Waals surface area contributed by atoms with Crippen molar-refractivity contribution < 1.29 is 19.1 Å². The summed E-state index contributed by atoms with van der Waals surface area (Å²) in [6.45, 7) is 0.172. The lowest BCUT2D eigenvalue weighted by Gasteiger charge is -2.17. The Bertz CT molecular complexity index is 625. The van der Waals surface area contributed by atoms with Gasteiger partial charge < -0.3 is 9.47 Å². The van der Waals surface area contributed by atoms with Gasteiger partial charge >= 0.3 is 11.9 Å². The molecule has 0 aromatic heterocycles. The third-order valence-corrected chi connectivity index (χ3v) is 3.38. The third kappa shape index (κ3) is 2.37. The Morgan fingerprint density at radius 1 is 0.900 bits per heavy atom. The largest absolute Gasteiger partial charge is 0.458 e. The van der Waals surface area contributed by atoms with E-state index < -0.39 is 0 Å². The molecule has 0 saturated carbocycles. The number of hydrogen-bond donors (Lipinski definition) is 0. The van der Waals surface area contributed by atoms with Crippen LogP contribution in [0.1, 0.15) is 39.1 Å². The molecule has 20 heavy (non-hydrogen) atoms. The predicted molar refractivity (Wildman–Crippen MR) is 73.4 cm³/mol. The number of ether oxygens (including phenoxy) is 2. The van der Waals surface area contributed by atoms with Crippen molar-refractivity contribution in [3.8, 4) is 0 Å². The second kappa shape index (κ2) is 5.33. The SMILES string of the molecule is O=C1OCCOC(=O)c2ccc1cc2C1=CCC=CC1. The van der Waals surface area contributed by atoms with E-state index in [0.29, 0.717) is 11.1 Å². The number of esters is 2. The van der Waals surface area contributed by atoms with E-state index in [1.807, 2.05) is 0 Å². The first-order chi connectivity index (χ1) is 9.75.